The van der Waals surface area contributed by atoms with E-state index in [9.17, 15) is 0 Å². The van der Waals surface area contributed by atoms with E-state index in [1.807, 2.05) is 24.3 Å². The molecule has 0 aliphatic rings. The number of rotatable bonds is 4. The van der Waals surface area contributed by atoms with Crippen LogP contribution in [0.4, 0.5) is 5.69 Å². The van der Waals surface area contributed by atoms with Crippen molar-refractivity contribution in [2.45, 2.75) is 20.4 Å². The van der Waals surface area contributed by atoms with Crippen LogP contribution in [0.15, 0.2) is 24.3 Å². The van der Waals surface area contributed by atoms with Gasteiger partial charge in [-0.15, -0.1) is 0 Å². The second-order valence-corrected chi connectivity index (χ2v) is 4.37. The molecule has 1 aromatic rings. The number of nitrogens with zero attached hydrogens (tertiary/aromatic N) is 2. The van der Waals surface area contributed by atoms with Gasteiger partial charge in [-0.25, -0.2) is 4.85 Å². The Kier molecular flexibility index (Phi) is 4.33. The summed E-state index contributed by atoms with van der Waals surface area (Å²) in [5, 5.41) is 0. The van der Waals surface area contributed by atoms with Gasteiger partial charge in [0.05, 0.1) is 6.57 Å². The highest BCUT2D eigenvalue weighted by Crippen LogP contribution is 2.13. The molecule has 0 radical (unpaired) electrons. The summed E-state index contributed by atoms with van der Waals surface area (Å²) in [6.07, 6.45) is 0. The van der Waals surface area contributed by atoms with Gasteiger partial charge in [-0.3, -0.25) is 0 Å². The summed E-state index contributed by atoms with van der Waals surface area (Å²) in [5.74, 6) is 0.692. The molecule has 0 heterocycles. The molecule has 0 amide bonds. The highest BCUT2D eigenvalue weighted by atomic mass is 15.1. The molecule has 0 fully saturated rings. The van der Waals surface area contributed by atoms with Crippen molar-refractivity contribution in [2.75, 3.05) is 13.6 Å². The average Bonchev–Trinajstić information content (AvgIpc) is 2.17. The standard InChI is InChI=1S/C13H18N2/c1-11(2)9-15(4)10-12-5-7-13(14-3)8-6-12/h5-8,11H,9-10H2,1-2,4H3. The highest BCUT2D eigenvalue weighted by molar-refractivity contribution is 5.45. The van der Waals surface area contributed by atoms with Gasteiger partial charge in [0, 0.05) is 13.1 Å². The van der Waals surface area contributed by atoms with Gasteiger partial charge in [0.15, 0.2) is 5.69 Å². The molecule has 0 N–H and O–H groups in total. The van der Waals surface area contributed by atoms with Gasteiger partial charge < -0.3 is 4.90 Å². The van der Waals surface area contributed by atoms with Gasteiger partial charge in [-0.2, -0.15) is 0 Å². The van der Waals surface area contributed by atoms with Crippen molar-refractivity contribution >= 4 is 5.69 Å². The zero-order chi connectivity index (χ0) is 11.3. The molecule has 15 heavy (non-hydrogen) atoms. The Morgan fingerprint density at radius 1 is 1.27 bits per heavy atom. The van der Waals surface area contributed by atoms with Crippen LogP contribution in [0.1, 0.15) is 19.4 Å². The molecule has 0 aliphatic carbocycles. The molecular formula is C13H18N2. The third-order valence-electron chi connectivity index (χ3n) is 2.19. The maximum atomic E-state index is 6.86. The first kappa shape index (κ1) is 11.7. The fraction of sp³-hybridized carbons (Fsp3) is 0.462. The molecule has 2 heteroatoms. The van der Waals surface area contributed by atoms with Crippen LogP contribution in [0, 0.1) is 12.5 Å². The summed E-state index contributed by atoms with van der Waals surface area (Å²) < 4.78 is 0. The van der Waals surface area contributed by atoms with E-state index in [4.69, 9.17) is 6.57 Å². The highest BCUT2D eigenvalue weighted by Gasteiger charge is 2.02. The Labute approximate surface area is 92.3 Å². The molecule has 1 aromatic carbocycles. The van der Waals surface area contributed by atoms with Crippen LogP contribution < -0.4 is 0 Å². The molecule has 0 aliphatic heterocycles. The average molecular weight is 202 g/mol. The minimum atomic E-state index is 0.692. The zero-order valence-electron chi connectivity index (χ0n) is 9.70. The molecule has 2 nitrogen and oxygen atoms in total. The van der Waals surface area contributed by atoms with Crippen molar-refractivity contribution in [1.82, 2.24) is 4.90 Å². The second kappa shape index (κ2) is 5.53. The van der Waals surface area contributed by atoms with Crippen molar-refractivity contribution in [3.63, 3.8) is 0 Å². The van der Waals surface area contributed by atoms with Crippen LogP contribution in [0.25, 0.3) is 4.85 Å². The van der Waals surface area contributed by atoms with Crippen molar-refractivity contribution in [3.8, 4) is 0 Å². The fourth-order valence-electron chi connectivity index (χ4n) is 1.68. The molecular weight excluding hydrogens is 184 g/mol. The van der Waals surface area contributed by atoms with Gasteiger partial charge in [-0.05, 0) is 18.5 Å². The monoisotopic (exact) mass is 202 g/mol. The summed E-state index contributed by atoms with van der Waals surface area (Å²) in [4.78, 5) is 5.68. The Balaban J connectivity index is 2.54. The lowest BCUT2D eigenvalue weighted by molar-refractivity contribution is 0.288. The quantitative estimate of drug-likeness (QED) is 0.680. The summed E-state index contributed by atoms with van der Waals surface area (Å²) in [6.45, 7) is 13.4. The lowest BCUT2D eigenvalue weighted by Gasteiger charge is -2.18. The predicted molar refractivity (Wildman–Crippen MR) is 63.9 cm³/mol. The minimum Gasteiger partial charge on any atom is -0.302 e. The van der Waals surface area contributed by atoms with Crippen LogP contribution >= 0.6 is 0 Å². The lowest BCUT2D eigenvalue weighted by Crippen LogP contribution is -2.22. The first-order chi connectivity index (χ1) is 7.11. The van der Waals surface area contributed by atoms with Crippen molar-refractivity contribution in [3.05, 3.63) is 41.2 Å². The summed E-state index contributed by atoms with van der Waals surface area (Å²) in [5.41, 5.74) is 1.98. The van der Waals surface area contributed by atoms with E-state index >= 15 is 0 Å². The van der Waals surface area contributed by atoms with Gasteiger partial charge >= 0.3 is 0 Å². The van der Waals surface area contributed by atoms with Crippen molar-refractivity contribution in [2.24, 2.45) is 5.92 Å². The predicted octanol–water partition coefficient (Wildman–Crippen LogP) is 3.33. The first-order valence-electron chi connectivity index (χ1n) is 5.26. The van der Waals surface area contributed by atoms with E-state index in [1.54, 1.807) is 0 Å². The van der Waals surface area contributed by atoms with Crippen LogP contribution in [0.3, 0.4) is 0 Å². The largest absolute Gasteiger partial charge is 0.302 e. The number of hydrogen-bond acceptors (Lipinski definition) is 1. The Morgan fingerprint density at radius 3 is 2.33 bits per heavy atom. The Morgan fingerprint density at radius 2 is 1.87 bits per heavy atom. The molecule has 0 unspecified atom stereocenters. The summed E-state index contributed by atoms with van der Waals surface area (Å²) in [6, 6.07) is 7.82. The van der Waals surface area contributed by atoms with E-state index in [0.717, 1.165) is 13.1 Å². The van der Waals surface area contributed by atoms with Crippen molar-refractivity contribution in [1.29, 1.82) is 0 Å². The van der Waals surface area contributed by atoms with Gasteiger partial charge in [0.1, 0.15) is 0 Å². The fourth-order valence-corrected chi connectivity index (χ4v) is 1.68. The van der Waals surface area contributed by atoms with Gasteiger partial charge in [0.25, 0.3) is 0 Å². The van der Waals surface area contributed by atoms with Gasteiger partial charge in [-0.1, -0.05) is 38.1 Å². The molecule has 0 spiro atoms. The topological polar surface area (TPSA) is 7.60 Å². The Hall–Kier alpha value is -1.33. The van der Waals surface area contributed by atoms with Gasteiger partial charge in [0.2, 0.25) is 0 Å². The molecule has 0 aromatic heterocycles. The number of benzene rings is 1. The van der Waals surface area contributed by atoms with E-state index < -0.39 is 0 Å². The summed E-state index contributed by atoms with van der Waals surface area (Å²) in [7, 11) is 2.13. The zero-order valence-corrected chi connectivity index (χ0v) is 9.70. The maximum absolute atomic E-state index is 6.86. The number of hydrogen-bond donors (Lipinski definition) is 0. The van der Waals surface area contributed by atoms with E-state index in [0.29, 0.717) is 11.6 Å². The molecule has 0 atom stereocenters. The van der Waals surface area contributed by atoms with Crippen LogP contribution in [-0.4, -0.2) is 18.5 Å². The SMILES string of the molecule is [C-]#[N+]c1ccc(CN(C)CC(C)C)cc1. The smallest absolute Gasteiger partial charge is 0.187 e. The van der Waals surface area contributed by atoms with Crippen LogP contribution in [0.5, 0.6) is 0 Å². The summed E-state index contributed by atoms with van der Waals surface area (Å²) >= 11 is 0. The normalized spacial score (nSPS) is 10.7. The van der Waals surface area contributed by atoms with Crippen molar-refractivity contribution < 1.29 is 0 Å². The maximum Gasteiger partial charge on any atom is 0.187 e. The van der Waals surface area contributed by atoms with Crippen LogP contribution in [0.2, 0.25) is 0 Å². The lowest BCUT2D eigenvalue weighted by atomic mass is 10.1. The Bertz CT molecular complexity index is 333. The van der Waals surface area contributed by atoms with E-state index in [1.165, 1.54) is 5.56 Å². The molecule has 0 bridgehead atoms. The second-order valence-electron chi connectivity index (χ2n) is 4.37. The van der Waals surface area contributed by atoms with Crippen LogP contribution in [-0.2, 0) is 6.54 Å². The molecule has 80 valence electrons. The molecule has 0 saturated carbocycles. The third kappa shape index (κ3) is 4.14. The molecule has 1 rings (SSSR count). The minimum absolute atomic E-state index is 0.692. The first-order valence-corrected chi connectivity index (χ1v) is 5.26. The third-order valence-corrected chi connectivity index (χ3v) is 2.19. The van der Waals surface area contributed by atoms with E-state index in [2.05, 4.69) is 30.6 Å². The molecule has 0 saturated heterocycles. The van der Waals surface area contributed by atoms with E-state index in [-0.39, 0.29) is 0 Å².